The summed E-state index contributed by atoms with van der Waals surface area (Å²) in [5.74, 6) is -1.56. The Kier molecular flexibility index (Phi) is 3.47. The summed E-state index contributed by atoms with van der Waals surface area (Å²) in [7, 11) is 0. The van der Waals surface area contributed by atoms with Crippen molar-refractivity contribution >= 4 is 23.4 Å². The predicted octanol–water partition coefficient (Wildman–Crippen LogP) is 2.65. The number of halogens is 1. The first-order chi connectivity index (χ1) is 8.58. The number of nitrogens with two attached hydrogens (primary N) is 1. The number of nitrogen functional groups attached to an aromatic ring is 1. The fraction of sp³-hybridized carbons (Fsp3) is 0. The van der Waals surface area contributed by atoms with Crippen molar-refractivity contribution in [3.63, 3.8) is 0 Å². The van der Waals surface area contributed by atoms with E-state index in [1.54, 1.807) is 18.2 Å². The Bertz CT molecular complexity index is 604. The number of pyridine rings is 1. The summed E-state index contributed by atoms with van der Waals surface area (Å²) < 4.78 is 13.5. The molecule has 2 rings (SSSR count). The average molecular weight is 264 g/mol. The lowest BCUT2D eigenvalue weighted by molar-refractivity contribution is 0.0692. The van der Waals surface area contributed by atoms with Crippen LogP contribution in [0.1, 0.15) is 10.4 Å². The Morgan fingerprint density at radius 2 is 2.11 bits per heavy atom. The van der Waals surface area contributed by atoms with Crippen LogP contribution < -0.4 is 5.73 Å². The number of carboxylic acids is 1. The van der Waals surface area contributed by atoms with Crippen LogP contribution >= 0.6 is 11.8 Å². The fourth-order valence-electron chi connectivity index (χ4n) is 1.33. The van der Waals surface area contributed by atoms with E-state index in [1.807, 2.05) is 0 Å². The number of hydrogen-bond donors (Lipinski definition) is 2. The number of aromatic nitrogens is 1. The molecule has 3 N–H and O–H groups in total. The number of hydrogen-bond acceptors (Lipinski definition) is 4. The summed E-state index contributed by atoms with van der Waals surface area (Å²) in [5, 5.41) is 9.24. The van der Waals surface area contributed by atoms with Crippen LogP contribution in [0, 0.1) is 5.82 Å². The number of carbonyl (C=O) groups is 1. The van der Waals surface area contributed by atoms with Crippen molar-refractivity contribution < 1.29 is 14.3 Å². The molecule has 6 heteroatoms. The van der Waals surface area contributed by atoms with Crippen LogP contribution in [0.25, 0.3) is 0 Å². The molecule has 0 atom stereocenters. The maximum Gasteiger partial charge on any atom is 0.338 e. The second-order valence-corrected chi connectivity index (χ2v) is 4.49. The number of carboxylic acid groups (broad SMARTS) is 1. The number of benzene rings is 1. The van der Waals surface area contributed by atoms with Gasteiger partial charge in [0.25, 0.3) is 0 Å². The van der Waals surface area contributed by atoms with Gasteiger partial charge in [0.05, 0.1) is 17.4 Å². The van der Waals surface area contributed by atoms with E-state index in [2.05, 4.69) is 4.98 Å². The highest BCUT2D eigenvalue weighted by Gasteiger charge is 2.14. The van der Waals surface area contributed by atoms with Gasteiger partial charge in [-0.25, -0.2) is 14.2 Å². The largest absolute Gasteiger partial charge is 0.478 e. The monoisotopic (exact) mass is 264 g/mol. The first-order valence-corrected chi connectivity index (χ1v) is 5.81. The van der Waals surface area contributed by atoms with Crippen molar-refractivity contribution in [3.8, 4) is 0 Å². The molecule has 0 saturated heterocycles. The van der Waals surface area contributed by atoms with Gasteiger partial charge in [0.15, 0.2) is 0 Å². The van der Waals surface area contributed by atoms with Crippen LogP contribution in [0.3, 0.4) is 0 Å². The van der Waals surface area contributed by atoms with Gasteiger partial charge in [-0.3, -0.25) is 0 Å². The Hall–Kier alpha value is -2.08. The molecule has 0 aliphatic heterocycles. The normalized spacial score (nSPS) is 10.3. The molecular weight excluding hydrogens is 255 g/mol. The van der Waals surface area contributed by atoms with Crippen molar-refractivity contribution in [1.29, 1.82) is 0 Å². The van der Waals surface area contributed by atoms with Crippen molar-refractivity contribution in [3.05, 3.63) is 47.9 Å². The Morgan fingerprint density at radius 1 is 1.39 bits per heavy atom. The van der Waals surface area contributed by atoms with Gasteiger partial charge in [0, 0.05) is 4.90 Å². The van der Waals surface area contributed by atoms with Crippen LogP contribution in [0.15, 0.2) is 46.5 Å². The van der Waals surface area contributed by atoms with E-state index >= 15 is 0 Å². The molecular formula is C12H9FN2O2S. The van der Waals surface area contributed by atoms with E-state index in [1.165, 1.54) is 18.3 Å². The maximum absolute atomic E-state index is 13.5. The second kappa shape index (κ2) is 5.05. The summed E-state index contributed by atoms with van der Waals surface area (Å²) in [6, 6.07) is 7.40. The molecule has 0 unspecified atom stereocenters. The Morgan fingerprint density at radius 3 is 2.78 bits per heavy atom. The van der Waals surface area contributed by atoms with Crippen LogP contribution in [0.2, 0.25) is 0 Å². The molecule has 0 saturated carbocycles. The third-order valence-corrected chi connectivity index (χ3v) is 3.22. The molecule has 0 radical (unpaired) electrons. The Labute approximate surface area is 107 Å². The zero-order valence-corrected chi connectivity index (χ0v) is 9.95. The molecule has 1 heterocycles. The number of anilines is 1. The molecule has 0 aliphatic carbocycles. The van der Waals surface area contributed by atoms with E-state index in [0.717, 1.165) is 11.8 Å². The maximum atomic E-state index is 13.5. The lowest BCUT2D eigenvalue weighted by atomic mass is 10.3. The summed E-state index contributed by atoms with van der Waals surface area (Å²) in [6.45, 7) is 0. The molecule has 0 aliphatic rings. The molecule has 4 nitrogen and oxygen atoms in total. The van der Waals surface area contributed by atoms with E-state index in [0.29, 0.717) is 4.90 Å². The highest BCUT2D eigenvalue weighted by atomic mass is 32.2. The Balaban J connectivity index is 2.41. The van der Waals surface area contributed by atoms with Crippen LogP contribution in [0.5, 0.6) is 0 Å². The van der Waals surface area contributed by atoms with Gasteiger partial charge in [-0.1, -0.05) is 23.9 Å². The molecule has 92 valence electrons. The van der Waals surface area contributed by atoms with Gasteiger partial charge in [-0.15, -0.1) is 0 Å². The summed E-state index contributed by atoms with van der Waals surface area (Å²) >= 11 is 0.955. The number of rotatable bonds is 3. The average Bonchev–Trinajstić information content (AvgIpc) is 2.34. The summed E-state index contributed by atoms with van der Waals surface area (Å²) in [5.41, 5.74) is 5.70. The van der Waals surface area contributed by atoms with Gasteiger partial charge in [-0.05, 0) is 18.2 Å². The minimum absolute atomic E-state index is 0.0387. The molecule has 1 aromatic heterocycles. The molecule has 0 spiro atoms. The third kappa shape index (κ3) is 2.60. The van der Waals surface area contributed by atoms with Crippen LogP contribution in [-0.2, 0) is 0 Å². The highest BCUT2D eigenvalue weighted by Crippen LogP contribution is 2.31. The van der Waals surface area contributed by atoms with Gasteiger partial charge >= 0.3 is 5.97 Å². The summed E-state index contributed by atoms with van der Waals surface area (Å²) in [6.07, 6.45) is 1.34. The molecule has 1 aromatic carbocycles. The lowest BCUT2D eigenvalue weighted by Crippen LogP contribution is -2.02. The highest BCUT2D eigenvalue weighted by molar-refractivity contribution is 7.99. The first-order valence-electron chi connectivity index (χ1n) is 4.99. The lowest BCUT2D eigenvalue weighted by Gasteiger charge is -2.06. The van der Waals surface area contributed by atoms with Crippen molar-refractivity contribution in [2.45, 2.75) is 9.92 Å². The van der Waals surface area contributed by atoms with Crippen LogP contribution in [0.4, 0.5) is 10.1 Å². The number of aromatic carboxylic acids is 1. The molecule has 18 heavy (non-hydrogen) atoms. The van der Waals surface area contributed by atoms with Gasteiger partial charge in [0.2, 0.25) is 0 Å². The van der Waals surface area contributed by atoms with Crippen molar-refractivity contribution in [2.75, 3.05) is 5.73 Å². The molecule has 0 bridgehead atoms. The summed E-state index contributed by atoms with van der Waals surface area (Å²) in [4.78, 5) is 15.3. The van der Waals surface area contributed by atoms with E-state index in [4.69, 9.17) is 10.8 Å². The van der Waals surface area contributed by atoms with E-state index in [-0.39, 0.29) is 16.3 Å². The first kappa shape index (κ1) is 12.4. The fourth-order valence-corrected chi connectivity index (χ4v) is 2.22. The van der Waals surface area contributed by atoms with E-state index in [9.17, 15) is 9.18 Å². The standard InChI is InChI=1S/C12H9FN2O2S/c13-9-3-1-2-4-10(9)18-11-8(12(16)17)5-7(14)6-15-11/h1-6H,14H2,(H,16,17). The van der Waals surface area contributed by atoms with Crippen molar-refractivity contribution in [1.82, 2.24) is 4.98 Å². The SMILES string of the molecule is Nc1cnc(Sc2ccccc2F)c(C(=O)O)c1. The molecule has 2 aromatic rings. The zero-order valence-electron chi connectivity index (χ0n) is 9.13. The second-order valence-electron chi connectivity index (χ2n) is 3.46. The van der Waals surface area contributed by atoms with E-state index < -0.39 is 11.8 Å². The quantitative estimate of drug-likeness (QED) is 0.891. The smallest absolute Gasteiger partial charge is 0.338 e. The topological polar surface area (TPSA) is 76.2 Å². The van der Waals surface area contributed by atoms with Gasteiger partial charge in [0.1, 0.15) is 10.8 Å². The predicted molar refractivity (Wildman–Crippen MR) is 66.1 cm³/mol. The molecule has 0 amide bonds. The van der Waals surface area contributed by atoms with Gasteiger partial charge < -0.3 is 10.8 Å². The van der Waals surface area contributed by atoms with Gasteiger partial charge in [-0.2, -0.15) is 0 Å². The zero-order chi connectivity index (χ0) is 13.1. The minimum Gasteiger partial charge on any atom is -0.478 e. The third-order valence-electron chi connectivity index (χ3n) is 2.15. The van der Waals surface area contributed by atoms with Crippen molar-refractivity contribution in [2.24, 2.45) is 0 Å². The number of nitrogens with zero attached hydrogens (tertiary/aromatic N) is 1. The molecule has 0 fully saturated rings. The minimum atomic E-state index is -1.14. The van der Waals surface area contributed by atoms with Crippen LogP contribution in [-0.4, -0.2) is 16.1 Å².